The fraction of sp³-hybridized carbons (Fsp3) is 0.700. The minimum atomic E-state index is 0.661. The molecule has 0 aliphatic heterocycles. The molecular weight excluding hydrogens is 228 g/mol. The number of halogens is 1. The molecule has 0 amide bonds. The number of hydrogen-bond donors (Lipinski definition) is 0. The van der Waals surface area contributed by atoms with Crippen molar-refractivity contribution in [3.05, 3.63) is 17.5 Å². The van der Waals surface area contributed by atoms with E-state index in [2.05, 4.69) is 46.5 Å². The maximum atomic E-state index is 4.38. The van der Waals surface area contributed by atoms with Crippen LogP contribution in [-0.2, 0) is 18.3 Å². The fourth-order valence-corrected chi connectivity index (χ4v) is 1.94. The summed E-state index contributed by atoms with van der Waals surface area (Å²) >= 11 is 3.48. The SMILES string of the molecule is CCc1c(CBr)cnn1CC(C)C. The van der Waals surface area contributed by atoms with E-state index in [0.717, 1.165) is 18.3 Å². The minimum absolute atomic E-state index is 0.661. The van der Waals surface area contributed by atoms with Gasteiger partial charge in [0.1, 0.15) is 0 Å². The van der Waals surface area contributed by atoms with Crippen LogP contribution in [0.1, 0.15) is 32.0 Å². The van der Waals surface area contributed by atoms with Crippen LogP contribution < -0.4 is 0 Å². The highest BCUT2D eigenvalue weighted by Crippen LogP contribution is 2.14. The van der Waals surface area contributed by atoms with Crippen molar-refractivity contribution in [1.82, 2.24) is 9.78 Å². The topological polar surface area (TPSA) is 17.8 Å². The first kappa shape index (κ1) is 10.8. The molecule has 0 atom stereocenters. The Kier molecular flexibility index (Phi) is 3.97. The molecule has 0 N–H and O–H groups in total. The third-order valence-corrected chi connectivity index (χ3v) is 2.66. The molecule has 0 saturated heterocycles. The molecule has 1 rings (SSSR count). The van der Waals surface area contributed by atoms with Gasteiger partial charge < -0.3 is 0 Å². The van der Waals surface area contributed by atoms with Gasteiger partial charge in [-0.05, 0) is 12.3 Å². The maximum Gasteiger partial charge on any atom is 0.0533 e. The summed E-state index contributed by atoms with van der Waals surface area (Å²) in [7, 11) is 0. The number of aromatic nitrogens is 2. The summed E-state index contributed by atoms with van der Waals surface area (Å²) in [6, 6.07) is 0. The lowest BCUT2D eigenvalue weighted by Crippen LogP contribution is -2.09. The fourth-order valence-electron chi connectivity index (χ4n) is 1.47. The minimum Gasteiger partial charge on any atom is -0.269 e. The van der Waals surface area contributed by atoms with E-state index in [1.807, 2.05) is 6.20 Å². The van der Waals surface area contributed by atoms with Crippen LogP contribution in [0.15, 0.2) is 6.20 Å². The standard InChI is InChI=1S/C10H17BrN2/c1-4-10-9(5-11)6-12-13(10)7-8(2)3/h6,8H,4-5,7H2,1-3H3. The Balaban J connectivity index is 2.87. The predicted molar refractivity (Wildman–Crippen MR) is 59.1 cm³/mol. The van der Waals surface area contributed by atoms with Gasteiger partial charge >= 0.3 is 0 Å². The molecule has 0 aliphatic carbocycles. The van der Waals surface area contributed by atoms with Gasteiger partial charge in [-0.15, -0.1) is 0 Å². The molecule has 0 aliphatic rings. The third-order valence-electron chi connectivity index (χ3n) is 2.05. The molecule has 0 fully saturated rings. The molecular formula is C10H17BrN2. The van der Waals surface area contributed by atoms with Crippen LogP contribution in [0.2, 0.25) is 0 Å². The van der Waals surface area contributed by atoms with Crippen molar-refractivity contribution >= 4 is 15.9 Å². The quantitative estimate of drug-likeness (QED) is 0.745. The number of nitrogens with zero attached hydrogens (tertiary/aromatic N) is 2. The molecule has 2 nitrogen and oxygen atoms in total. The molecule has 0 radical (unpaired) electrons. The molecule has 1 aromatic heterocycles. The summed E-state index contributed by atoms with van der Waals surface area (Å²) in [4.78, 5) is 0. The van der Waals surface area contributed by atoms with Crippen LogP contribution in [0.5, 0.6) is 0 Å². The van der Waals surface area contributed by atoms with Crippen LogP contribution in [0.3, 0.4) is 0 Å². The van der Waals surface area contributed by atoms with Crippen molar-refractivity contribution in [3.8, 4) is 0 Å². The van der Waals surface area contributed by atoms with Gasteiger partial charge in [0.15, 0.2) is 0 Å². The highest BCUT2D eigenvalue weighted by Gasteiger charge is 2.08. The highest BCUT2D eigenvalue weighted by atomic mass is 79.9. The summed E-state index contributed by atoms with van der Waals surface area (Å²) in [5.74, 6) is 0.661. The van der Waals surface area contributed by atoms with E-state index >= 15 is 0 Å². The second-order valence-corrected chi connectivity index (χ2v) is 4.24. The van der Waals surface area contributed by atoms with Gasteiger partial charge in [-0.2, -0.15) is 5.10 Å². The molecule has 0 saturated carbocycles. The first-order chi connectivity index (χ1) is 6.19. The van der Waals surface area contributed by atoms with Crippen LogP contribution >= 0.6 is 15.9 Å². The summed E-state index contributed by atoms with van der Waals surface area (Å²) in [5.41, 5.74) is 2.69. The van der Waals surface area contributed by atoms with Gasteiger partial charge in [0.05, 0.1) is 6.20 Å². The van der Waals surface area contributed by atoms with E-state index in [-0.39, 0.29) is 0 Å². The lowest BCUT2D eigenvalue weighted by Gasteiger charge is -2.09. The summed E-state index contributed by atoms with van der Waals surface area (Å²) in [6.45, 7) is 7.64. The Bertz CT molecular complexity index is 266. The molecule has 0 spiro atoms. The lowest BCUT2D eigenvalue weighted by molar-refractivity contribution is 0.469. The monoisotopic (exact) mass is 244 g/mol. The summed E-state index contributed by atoms with van der Waals surface area (Å²) < 4.78 is 2.13. The summed E-state index contributed by atoms with van der Waals surface area (Å²) in [6.07, 6.45) is 3.03. The van der Waals surface area contributed by atoms with Crippen molar-refractivity contribution in [3.63, 3.8) is 0 Å². The van der Waals surface area contributed by atoms with Gasteiger partial charge in [0.2, 0.25) is 0 Å². The Hall–Kier alpha value is -0.310. The Morgan fingerprint density at radius 3 is 2.69 bits per heavy atom. The Labute approximate surface area is 88.5 Å². The van der Waals surface area contributed by atoms with Crippen molar-refractivity contribution in [2.24, 2.45) is 5.92 Å². The zero-order chi connectivity index (χ0) is 9.84. The van der Waals surface area contributed by atoms with Crippen LogP contribution in [-0.4, -0.2) is 9.78 Å². The summed E-state index contributed by atoms with van der Waals surface area (Å²) in [5, 5.41) is 5.30. The van der Waals surface area contributed by atoms with Crippen LogP contribution in [0, 0.1) is 5.92 Å². The van der Waals surface area contributed by atoms with Gasteiger partial charge in [0, 0.05) is 23.1 Å². The highest BCUT2D eigenvalue weighted by molar-refractivity contribution is 9.08. The number of hydrogen-bond acceptors (Lipinski definition) is 1. The van der Waals surface area contributed by atoms with E-state index in [1.165, 1.54) is 11.3 Å². The molecule has 0 bridgehead atoms. The van der Waals surface area contributed by atoms with E-state index in [9.17, 15) is 0 Å². The van der Waals surface area contributed by atoms with Crippen LogP contribution in [0.4, 0.5) is 0 Å². The molecule has 3 heteroatoms. The Morgan fingerprint density at radius 1 is 1.54 bits per heavy atom. The first-order valence-electron chi connectivity index (χ1n) is 4.78. The average molecular weight is 245 g/mol. The Morgan fingerprint density at radius 2 is 2.23 bits per heavy atom. The van der Waals surface area contributed by atoms with Gasteiger partial charge in [-0.1, -0.05) is 36.7 Å². The van der Waals surface area contributed by atoms with E-state index in [1.54, 1.807) is 0 Å². The second kappa shape index (κ2) is 4.80. The zero-order valence-electron chi connectivity index (χ0n) is 8.55. The van der Waals surface area contributed by atoms with E-state index < -0.39 is 0 Å². The van der Waals surface area contributed by atoms with E-state index in [0.29, 0.717) is 5.92 Å². The van der Waals surface area contributed by atoms with Gasteiger partial charge in [-0.25, -0.2) is 0 Å². The molecule has 1 heterocycles. The molecule has 0 aromatic carbocycles. The zero-order valence-corrected chi connectivity index (χ0v) is 10.1. The smallest absolute Gasteiger partial charge is 0.0533 e. The molecule has 1 aromatic rings. The first-order valence-corrected chi connectivity index (χ1v) is 5.90. The second-order valence-electron chi connectivity index (χ2n) is 3.68. The maximum absolute atomic E-state index is 4.38. The van der Waals surface area contributed by atoms with Gasteiger partial charge in [0.25, 0.3) is 0 Å². The van der Waals surface area contributed by atoms with Crippen LogP contribution in [0.25, 0.3) is 0 Å². The van der Waals surface area contributed by atoms with Crippen molar-refractivity contribution in [1.29, 1.82) is 0 Å². The number of rotatable bonds is 4. The lowest BCUT2D eigenvalue weighted by atomic mass is 10.2. The van der Waals surface area contributed by atoms with Gasteiger partial charge in [-0.3, -0.25) is 4.68 Å². The normalized spacial score (nSPS) is 11.2. The van der Waals surface area contributed by atoms with Crippen molar-refractivity contribution in [2.45, 2.75) is 39.1 Å². The van der Waals surface area contributed by atoms with E-state index in [4.69, 9.17) is 0 Å². The average Bonchev–Trinajstić information content (AvgIpc) is 2.45. The largest absolute Gasteiger partial charge is 0.269 e. The predicted octanol–water partition coefficient (Wildman–Crippen LogP) is 3.00. The molecule has 0 unspecified atom stereocenters. The molecule has 74 valence electrons. The third kappa shape index (κ3) is 2.56. The van der Waals surface area contributed by atoms with Crippen molar-refractivity contribution < 1.29 is 0 Å². The molecule has 13 heavy (non-hydrogen) atoms. The van der Waals surface area contributed by atoms with Crippen molar-refractivity contribution in [2.75, 3.05) is 0 Å². The number of alkyl halides is 1.